The van der Waals surface area contributed by atoms with Crippen LogP contribution in [0.3, 0.4) is 0 Å². The van der Waals surface area contributed by atoms with E-state index < -0.39 is 0 Å². The van der Waals surface area contributed by atoms with Gasteiger partial charge in [0.2, 0.25) is 0 Å². The first-order valence-corrected chi connectivity index (χ1v) is 9.78. The van der Waals surface area contributed by atoms with Gasteiger partial charge in [0.25, 0.3) is 0 Å². The van der Waals surface area contributed by atoms with Crippen molar-refractivity contribution < 1.29 is 9.47 Å². The van der Waals surface area contributed by atoms with Crippen LogP contribution in [0.1, 0.15) is 61.8 Å². The monoisotopic (exact) mass is 488 g/mol. The molecule has 0 bridgehead atoms. The maximum absolute atomic E-state index is 5.91. The molecule has 0 rings (SSSR count). The third-order valence-corrected chi connectivity index (χ3v) is 5.20. The largest absolute Gasteiger partial charge is 0.376 e. The maximum atomic E-state index is 5.91. The van der Waals surface area contributed by atoms with Gasteiger partial charge in [-0.2, -0.15) is 0 Å². The van der Waals surface area contributed by atoms with E-state index in [9.17, 15) is 0 Å². The van der Waals surface area contributed by atoms with Crippen molar-refractivity contribution in [2.45, 2.75) is 61.8 Å². The molecule has 0 aliphatic carbocycles. The third kappa shape index (κ3) is 13.3. The van der Waals surface area contributed by atoms with Gasteiger partial charge in [-0.3, -0.25) is 0 Å². The zero-order valence-electron chi connectivity index (χ0n) is 15.6. The Morgan fingerprint density at radius 3 is 1.77 bits per heavy atom. The fraction of sp³-hybridized carbons (Fsp3) is 0.889. The summed E-state index contributed by atoms with van der Waals surface area (Å²) in [6.45, 7) is 20.7. The summed E-state index contributed by atoms with van der Waals surface area (Å²) in [5, 5.41) is 0. The van der Waals surface area contributed by atoms with Crippen molar-refractivity contribution in [3.63, 3.8) is 0 Å². The van der Waals surface area contributed by atoms with Crippen molar-refractivity contribution in [2.75, 3.05) is 26.4 Å². The Labute approximate surface area is 160 Å². The van der Waals surface area contributed by atoms with Crippen molar-refractivity contribution >= 4 is 38.5 Å². The molecule has 0 N–H and O–H groups in total. The van der Waals surface area contributed by atoms with Crippen molar-refractivity contribution in [1.82, 2.24) is 0 Å². The van der Waals surface area contributed by atoms with Gasteiger partial charge in [0.15, 0.2) is 0 Å². The van der Waals surface area contributed by atoms with Gasteiger partial charge in [-0.15, -0.1) is 0 Å². The second-order valence-electron chi connectivity index (χ2n) is 9.26. The lowest BCUT2D eigenvalue weighted by molar-refractivity contribution is 0.0526. The van der Waals surface area contributed by atoms with Crippen molar-refractivity contribution in [2.24, 2.45) is 16.2 Å². The standard InChI is InChI=1S/C18H34BrIO2/c1-16(2,3)11-18(7,8)13-21-9-14(19)15(20)10-22-12-17(4,5)6/h9-13H2,1-8H3/b15-14+. The highest BCUT2D eigenvalue weighted by Crippen LogP contribution is 2.33. The smallest absolute Gasteiger partial charge is 0.0790 e. The molecular weight excluding hydrogens is 455 g/mol. The van der Waals surface area contributed by atoms with E-state index in [1.165, 1.54) is 3.58 Å². The third-order valence-electron chi connectivity index (χ3n) is 2.79. The number of hydrogen-bond donors (Lipinski definition) is 0. The Morgan fingerprint density at radius 2 is 1.32 bits per heavy atom. The molecule has 0 aliphatic heterocycles. The summed E-state index contributed by atoms with van der Waals surface area (Å²) in [6.07, 6.45) is 1.15. The minimum Gasteiger partial charge on any atom is -0.376 e. The summed E-state index contributed by atoms with van der Waals surface area (Å²) in [6, 6.07) is 0. The van der Waals surface area contributed by atoms with Gasteiger partial charge in [-0.05, 0) is 45.3 Å². The zero-order valence-corrected chi connectivity index (χ0v) is 19.4. The summed E-state index contributed by atoms with van der Waals surface area (Å²) >= 11 is 5.95. The summed E-state index contributed by atoms with van der Waals surface area (Å²) < 4.78 is 13.9. The van der Waals surface area contributed by atoms with E-state index in [0.29, 0.717) is 18.6 Å². The Hall–Kier alpha value is 0.870. The first-order valence-electron chi connectivity index (χ1n) is 7.90. The van der Waals surface area contributed by atoms with Crippen molar-refractivity contribution in [3.8, 4) is 0 Å². The molecule has 0 spiro atoms. The topological polar surface area (TPSA) is 18.5 Å². The average Bonchev–Trinajstić information content (AvgIpc) is 2.22. The minimum atomic E-state index is 0.194. The minimum absolute atomic E-state index is 0.194. The van der Waals surface area contributed by atoms with E-state index in [2.05, 4.69) is 93.9 Å². The van der Waals surface area contributed by atoms with Gasteiger partial charge in [0.05, 0.1) is 26.4 Å². The molecule has 0 aromatic carbocycles. The Kier molecular flexibility index (Phi) is 9.75. The summed E-state index contributed by atoms with van der Waals surface area (Å²) in [4.78, 5) is 0. The van der Waals surface area contributed by atoms with Gasteiger partial charge in [0, 0.05) is 8.06 Å². The second kappa shape index (κ2) is 9.38. The first-order chi connectivity index (χ1) is 9.72. The molecule has 132 valence electrons. The molecule has 22 heavy (non-hydrogen) atoms. The van der Waals surface area contributed by atoms with Gasteiger partial charge in [-0.25, -0.2) is 0 Å². The molecule has 0 aromatic rings. The number of hydrogen-bond acceptors (Lipinski definition) is 2. The van der Waals surface area contributed by atoms with Crippen molar-refractivity contribution in [1.29, 1.82) is 0 Å². The van der Waals surface area contributed by atoms with E-state index in [1.54, 1.807) is 0 Å². The molecule has 0 aliphatic rings. The lowest BCUT2D eigenvalue weighted by atomic mass is 9.77. The molecule has 4 heteroatoms. The molecule has 0 atom stereocenters. The highest BCUT2D eigenvalue weighted by Gasteiger charge is 2.25. The highest BCUT2D eigenvalue weighted by molar-refractivity contribution is 14.1. The fourth-order valence-electron chi connectivity index (χ4n) is 2.51. The van der Waals surface area contributed by atoms with Crippen LogP contribution >= 0.6 is 38.5 Å². The van der Waals surface area contributed by atoms with Crippen LogP contribution in [0.4, 0.5) is 0 Å². The van der Waals surface area contributed by atoms with E-state index in [1.807, 2.05) is 0 Å². The van der Waals surface area contributed by atoms with E-state index >= 15 is 0 Å². The van der Waals surface area contributed by atoms with E-state index in [0.717, 1.165) is 24.1 Å². The van der Waals surface area contributed by atoms with Crippen LogP contribution in [0.15, 0.2) is 8.06 Å². The number of rotatable bonds is 8. The van der Waals surface area contributed by atoms with Gasteiger partial charge < -0.3 is 9.47 Å². The van der Waals surface area contributed by atoms with Gasteiger partial charge in [-0.1, -0.05) is 71.3 Å². The van der Waals surface area contributed by atoms with Crippen molar-refractivity contribution in [3.05, 3.63) is 8.06 Å². The molecule has 0 radical (unpaired) electrons. The predicted molar refractivity (Wildman–Crippen MR) is 109 cm³/mol. The van der Waals surface area contributed by atoms with Crippen LogP contribution in [0, 0.1) is 16.2 Å². The predicted octanol–water partition coefficient (Wildman–Crippen LogP) is 6.57. The summed E-state index contributed by atoms with van der Waals surface area (Å²) in [7, 11) is 0. The Balaban J connectivity index is 4.20. The van der Waals surface area contributed by atoms with Crippen LogP contribution in [-0.4, -0.2) is 26.4 Å². The quantitative estimate of drug-likeness (QED) is 0.359. The normalized spacial score (nSPS) is 15.0. The van der Waals surface area contributed by atoms with Gasteiger partial charge in [0.1, 0.15) is 0 Å². The molecule has 0 saturated carbocycles. The first kappa shape index (κ1) is 22.9. The molecular formula is C18H34BrIO2. The van der Waals surface area contributed by atoms with E-state index in [-0.39, 0.29) is 10.8 Å². The molecule has 0 heterocycles. The molecule has 0 saturated heterocycles. The summed E-state index contributed by atoms with van der Waals surface area (Å²) in [5.74, 6) is 0. The molecule has 0 aromatic heterocycles. The fourth-order valence-corrected chi connectivity index (χ4v) is 3.16. The Bertz CT molecular complexity index is 362. The lowest BCUT2D eigenvalue weighted by Crippen LogP contribution is -2.26. The molecule has 0 unspecified atom stereocenters. The lowest BCUT2D eigenvalue weighted by Gasteiger charge is -2.32. The average molecular weight is 489 g/mol. The zero-order chi connectivity index (χ0) is 17.6. The SMILES string of the molecule is CC(C)(C)COC/C(I)=C(\Br)COCC(C)(C)CC(C)(C)C. The Morgan fingerprint density at radius 1 is 0.818 bits per heavy atom. The highest BCUT2D eigenvalue weighted by atomic mass is 127. The second-order valence-corrected chi connectivity index (χ2v) is 11.5. The van der Waals surface area contributed by atoms with Crippen LogP contribution < -0.4 is 0 Å². The number of halogens is 2. The molecule has 0 fully saturated rings. The van der Waals surface area contributed by atoms with Crippen LogP contribution in [0.2, 0.25) is 0 Å². The van der Waals surface area contributed by atoms with Crippen LogP contribution in [0.5, 0.6) is 0 Å². The van der Waals surface area contributed by atoms with Crippen LogP contribution in [-0.2, 0) is 9.47 Å². The molecule has 2 nitrogen and oxygen atoms in total. The molecule has 0 amide bonds. The maximum Gasteiger partial charge on any atom is 0.0790 e. The van der Waals surface area contributed by atoms with E-state index in [4.69, 9.17) is 9.47 Å². The van der Waals surface area contributed by atoms with Gasteiger partial charge >= 0.3 is 0 Å². The summed E-state index contributed by atoms with van der Waals surface area (Å²) in [5.41, 5.74) is 0.728. The number of ether oxygens (including phenoxy) is 2. The van der Waals surface area contributed by atoms with Crippen LogP contribution in [0.25, 0.3) is 0 Å².